The van der Waals surface area contributed by atoms with E-state index in [1.807, 2.05) is 16.3 Å². The summed E-state index contributed by atoms with van der Waals surface area (Å²) in [5.74, 6) is -0.165. The predicted molar refractivity (Wildman–Crippen MR) is 107 cm³/mol. The molecule has 0 saturated carbocycles. The fraction of sp³-hybridized carbons (Fsp3) is 0.650. The summed E-state index contributed by atoms with van der Waals surface area (Å²) in [6.07, 6.45) is 4.58. The summed E-state index contributed by atoms with van der Waals surface area (Å²) < 4.78 is 4.93. The normalized spacial score (nSPS) is 19.3. The smallest absolute Gasteiger partial charge is 0.262 e. The van der Waals surface area contributed by atoms with E-state index in [0.29, 0.717) is 30.8 Å². The second kappa shape index (κ2) is 10.0. The summed E-state index contributed by atoms with van der Waals surface area (Å²) in [4.78, 5) is 42.2. The number of methoxy groups -OCH3 is 1. The van der Waals surface area contributed by atoms with Crippen LogP contribution in [0.2, 0.25) is 0 Å². The Bertz CT molecular complexity index is 665. The largest absolute Gasteiger partial charge is 0.375 e. The van der Waals surface area contributed by atoms with Crippen LogP contribution >= 0.6 is 11.3 Å². The maximum absolute atomic E-state index is 13.2. The zero-order valence-electron chi connectivity index (χ0n) is 16.4. The lowest BCUT2D eigenvalue weighted by Crippen LogP contribution is -2.55. The van der Waals surface area contributed by atoms with Crippen molar-refractivity contribution in [1.29, 1.82) is 0 Å². The number of hydrogen-bond donors (Lipinski definition) is 1. The standard InChI is InChI=1S/C20H29N3O4S/c1-27-14-17(24)22-11-7-15(8-12-22)18(20(26)23-9-3-2-4-10-23)21-19(25)16-6-5-13-28-16/h5-6,13,15,18H,2-4,7-12,14H2,1H3,(H,21,25)/t18-/m0/s1. The minimum absolute atomic E-state index is 0.0197. The van der Waals surface area contributed by atoms with Gasteiger partial charge < -0.3 is 19.9 Å². The van der Waals surface area contributed by atoms with E-state index in [0.717, 1.165) is 32.4 Å². The van der Waals surface area contributed by atoms with E-state index < -0.39 is 6.04 Å². The summed E-state index contributed by atoms with van der Waals surface area (Å²) in [5, 5.41) is 4.86. The van der Waals surface area contributed by atoms with E-state index in [2.05, 4.69) is 5.32 Å². The molecular weight excluding hydrogens is 378 g/mol. The third kappa shape index (κ3) is 5.11. The van der Waals surface area contributed by atoms with E-state index in [1.165, 1.54) is 18.4 Å². The van der Waals surface area contributed by atoms with Gasteiger partial charge in [-0.1, -0.05) is 6.07 Å². The lowest BCUT2D eigenvalue weighted by molar-refractivity contribution is -0.138. The van der Waals surface area contributed by atoms with Gasteiger partial charge in [-0.15, -0.1) is 11.3 Å². The van der Waals surface area contributed by atoms with Crippen LogP contribution in [0.1, 0.15) is 41.8 Å². The van der Waals surface area contributed by atoms with E-state index in [1.54, 1.807) is 11.0 Å². The highest BCUT2D eigenvalue weighted by Crippen LogP contribution is 2.24. The Labute approximate surface area is 170 Å². The molecule has 1 aromatic rings. The van der Waals surface area contributed by atoms with Crippen LogP contribution in [0.3, 0.4) is 0 Å². The van der Waals surface area contributed by atoms with Crippen molar-refractivity contribution in [3.05, 3.63) is 22.4 Å². The first-order valence-electron chi connectivity index (χ1n) is 10.00. The van der Waals surface area contributed by atoms with Crippen molar-refractivity contribution in [2.75, 3.05) is 39.9 Å². The molecule has 0 aliphatic carbocycles. The van der Waals surface area contributed by atoms with Crippen molar-refractivity contribution >= 4 is 29.1 Å². The first-order chi connectivity index (χ1) is 13.6. The molecule has 3 amide bonds. The average Bonchev–Trinajstić information content (AvgIpc) is 3.27. The number of ether oxygens (including phenoxy) is 1. The zero-order chi connectivity index (χ0) is 19.9. The Morgan fingerprint density at radius 1 is 1.14 bits per heavy atom. The molecule has 0 spiro atoms. The molecule has 3 heterocycles. The van der Waals surface area contributed by atoms with Gasteiger partial charge in [0.15, 0.2) is 0 Å². The van der Waals surface area contributed by atoms with Gasteiger partial charge in [0.1, 0.15) is 12.6 Å². The molecule has 28 heavy (non-hydrogen) atoms. The lowest BCUT2D eigenvalue weighted by atomic mass is 9.88. The van der Waals surface area contributed by atoms with Crippen molar-refractivity contribution in [1.82, 2.24) is 15.1 Å². The van der Waals surface area contributed by atoms with Gasteiger partial charge in [0, 0.05) is 33.3 Å². The lowest BCUT2D eigenvalue weighted by Gasteiger charge is -2.38. The highest BCUT2D eigenvalue weighted by Gasteiger charge is 2.36. The first-order valence-corrected chi connectivity index (χ1v) is 10.9. The molecule has 2 aliphatic heterocycles. The van der Waals surface area contributed by atoms with Crippen LogP contribution in [0, 0.1) is 5.92 Å². The van der Waals surface area contributed by atoms with Crippen LogP contribution in [0.15, 0.2) is 17.5 Å². The maximum atomic E-state index is 13.2. The second-order valence-electron chi connectivity index (χ2n) is 7.47. The summed E-state index contributed by atoms with van der Waals surface area (Å²) >= 11 is 1.37. The molecule has 0 bridgehead atoms. The van der Waals surface area contributed by atoms with Gasteiger partial charge in [0.05, 0.1) is 4.88 Å². The molecule has 154 valence electrons. The second-order valence-corrected chi connectivity index (χ2v) is 8.41. The molecular formula is C20H29N3O4S. The number of piperidine rings is 2. The van der Waals surface area contributed by atoms with Gasteiger partial charge in [-0.2, -0.15) is 0 Å². The highest BCUT2D eigenvalue weighted by atomic mass is 32.1. The van der Waals surface area contributed by atoms with E-state index in [4.69, 9.17) is 4.74 Å². The Balaban J connectivity index is 1.68. The number of carbonyl (C=O) groups excluding carboxylic acids is 3. The van der Waals surface area contributed by atoms with Crippen molar-refractivity contribution in [2.24, 2.45) is 5.92 Å². The van der Waals surface area contributed by atoms with Crippen molar-refractivity contribution in [2.45, 2.75) is 38.1 Å². The Kier molecular flexibility index (Phi) is 7.44. The molecule has 2 fully saturated rings. The topological polar surface area (TPSA) is 79.0 Å². The molecule has 7 nitrogen and oxygen atoms in total. The maximum Gasteiger partial charge on any atom is 0.262 e. The molecule has 1 aromatic heterocycles. The Hall–Kier alpha value is -1.93. The van der Waals surface area contributed by atoms with Gasteiger partial charge in [0.2, 0.25) is 11.8 Å². The van der Waals surface area contributed by atoms with Crippen LogP contribution < -0.4 is 5.32 Å². The molecule has 0 radical (unpaired) electrons. The minimum Gasteiger partial charge on any atom is -0.375 e. The molecule has 0 unspecified atom stereocenters. The number of nitrogens with one attached hydrogen (secondary N) is 1. The predicted octanol–water partition coefficient (Wildman–Crippen LogP) is 1.74. The fourth-order valence-electron chi connectivity index (χ4n) is 4.01. The quantitative estimate of drug-likeness (QED) is 0.779. The number of nitrogens with zero attached hydrogens (tertiary/aromatic N) is 2. The van der Waals surface area contributed by atoms with Gasteiger partial charge in [-0.25, -0.2) is 0 Å². The monoisotopic (exact) mass is 407 g/mol. The first kappa shape index (κ1) is 20.8. The third-order valence-corrected chi connectivity index (χ3v) is 6.47. The number of thiophene rings is 1. The summed E-state index contributed by atoms with van der Waals surface area (Å²) in [7, 11) is 1.51. The average molecular weight is 408 g/mol. The molecule has 0 aromatic carbocycles. The van der Waals surface area contributed by atoms with Gasteiger partial charge >= 0.3 is 0 Å². The van der Waals surface area contributed by atoms with Gasteiger partial charge in [-0.05, 0) is 49.5 Å². The van der Waals surface area contributed by atoms with Crippen LogP contribution in [0.5, 0.6) is 0 Å². The van der Waals surface area contributed by atoms with Crippen LogP contribution in [0.25, 0.3) is 0 Å². The Morgan fingerprint density at radius 3 is 2.46 bits per heavy atom. The third-order valence-electron chi connectivity index (χ3n) is 5.60. The minimum atomic E-state index is -0.535. The van der Waals surface area contributed by atoms with Crippen LogP contribution in [-0.2, 0) is 14.3 Å². The Morgan fingerprint density at radius 2 is 1.86 bits per heavy atom. The van der Waals surface area contributed by atoms with Gasteiger partial charge in [0.25, 0.3) is 5.91 Å². The molecule has 8 heteroatoms. The van der Waals surface area contributed by atoms with E-state index in [-0.39, 0.29) is 30.2 Å². The van der Waals surface area contributed by atoms with Crippen molar-refractivity contribution in [3.8, 4) is 0 Å². The fourth-order valence-corrected chi connectivity index (χ4v) is 4.64. The van der Waals surface area contributed by atoms with Crippen LogP contribution in [-0.4, -0.2) is 73.5 Å². The van der Waals surface area contributed by atoms with E-state index in [9.17, 15) is 14.4 Å². The van der Waals surface area contributed by atoms with Gasteiger partial charge in [-0.3, -0.25) is 14.4 Å². The SMILES string of the molecule is COCC(=O)N1CCC([C@H](NC(=O)c2cccs2)C(=O)N2CCCCC2)CC1. The van der Waals surface area contributed by atoms with Crippen molar-refractivity contribution < 1.29 is 19.1 Å². The van der Waals surface area contributed by atoms with Crippen molar-refractivity contribution in [3.63, 3.8) is 0 Å². The zero-order valence-corrected chi connectivity index (χ0v) is 17.2. The summed E-state index contributed by atoms with van der Waals surface area (Å²) in [6, 6.07) is 3.07. The van der Waals surface area contributed by atoms with Crippen LogP contribution in [0.4, 0.5) is 0 Å². The highest BCUT2D eigenvalue weighted by molar-refractivity contribution is 7.12. The number of carbonyl (C=O) groups is 3. The molecule has 2 saturated heterocycles. The number of likely N-dealkylation sites (tertiary alicyclic amines) is 2. The molecule has 2 aliphatic rings. The molecule has 3 rings (SSSR count). The molecule has 1 N–H and O–H groups in total. The molecule has 1 atom stereocenters. The van der Waals surface area contributed by atoms with E-state index >= 15 is 0 Å². The summed E-state index contributed by atoms with van der Waals surface area (Å²) in [6.45, 7) is 2.78. The number of rotatable bonds is 6. The summed E-state index contributed by atoms with van der Waals surface area (Å²) in [5.41, 5.74) is 0. The number of amides is 3. The number of hydrogen-bond acceptors (Lipinski definition) is 5.